The monoisotopic (exact) mass is 552 g/mol. The van der Waals surface area contributed by atoms with Crippen LogP contribution >= 0.6 is 24.4 Å². The zero-order valence-corrected chi connectivity index (χ0v) is 21.9. The van der Waals surface area contributed by atoms with E-state index < -0.39 is 47.9 Å². The van der Waals surface area contributed by atoms with Crippen LogP contribution in [0.1, 0.15) is 17.7 Å². The van der Waals surface area contributed by atoms with Gasteiger partial charge in [-0.05, 0) is 36.1 Å². The minimum absolute atomic E-state index is 0.0231. The predicted molar refractivity (Wildman–Crippen MR) is 142 cm³/mol. The third-order valence-corrected chi connectivity index (χ3v) is 6.42. The second-order valence-electron chi connectivity index (χ2n) is 8.24. The summed E-state index contributed by atoms with van der Waals surface area (Å²) in [6, 6.07) is 1.63. The Morgan fingerprint density at radius 3 is 2.22 bits per heavy atom. The number of aromatic nitrogens is 2. The molecular formula is C23H32N6O6S2. The molecule has 1 aromatic heterocycles. The molecule has 1 aromatic carbocycles. The van der Waals surface area contributed by atoms with E-state index in [1.807, 2.05) is 6.26 Å². The molecule has 0 saturated carbocycles. The van der Waals surface area contributed by atoms with Crippen molar-refractivity contribution in [3.05, 3.63) is 48.0 Å². The van der Waals surface area contributed by atoms with Crippen molar-refractivity contribution in [1.82, 2.24) is 25.9 Å². The molecule has 37 heavy (non-hydrogen) atoms. The number of nitrogens with zero attached hydrogens (tertiary/aromatic N) is 1. The number of phenols is 1. The highest BCUT2D eigenvalue weighted by Gasteiger charge is 2.30. The van der Waals surface area contributed by atoms with Gasteiger partial charge in [-0.15, -0.1) is 0 Å². The maximum absolute atomic E-state index is 13.2. The van der Waals surface area contributed by atoms with Crippen molar-refractivity contribution in [3.8, 4) is 5.75 Å². The molecule has 0 aliphatic heterocycles. The fourth-order valence-corrected chi connectivity index (χ4v) is 3.94. The molecule has 2 rings (SSSR count). The summed E-state index contributed by atoms with van der Waals surface area (Å²) in [5.74, 6) is -2.53. The molecule has 0 bridgehead atoms. The molecular weight excluding hydrogens is 520 g/mol. The molecule has 4 unspecified atom stereocenters. The van der Waals surface area contributed by atoms with Gasteiger partial charge in [-0.2, -0.15) is 24.4 Å². The highest BCUT2D eigenvalue weighted by molar-refractivity contribution is 7.98. The van der Waals surface area contributed by atoms with Gasteiger partial charge in [-0.3, -0.25) is 14.4 Å². The lowest BCUT2D eigenvalue weighted by atomic mass is 10.0. The number of hydrogen-bond acceptors (Lipinski definition) is 9. The van der Waals surface area contributed by atoms with Crippen molar-refractivity contribution in [3.63, 3.8) is 0 Å². The number of carbonyl (C=O) groups excluding carboxylic acids is 3. The van der Waals surface area contributed by atoms with Crippen LogP contribution in [0.4, 0.5) is 0 Å². The van der Waals surface area contributed by atoms with Crippen molar-refractivity contribution in [2.24, 2.45) is 5.73 Å². The maximum atomic E-state index is 13.2. The Bertz CT molecular complexity index is 1040. The quantitative estimate of drug-likeness (QED) is 0.134. The van der Waals surface area contributed by atoms with Crippen LogP contribution in [0.5, 0.6) is 5.75 Å². The largest absolute Gasteiger partial charge is 0.508 e. The first-order valence-electron chi connectivity index (χ1n) is 11.4. The van der Waals surface area contributed by atoms with Crippen LogP contribution in [0, 0.1) is 0 Å². The fraction of sp³-hybridized carbons (Fsp3) is 0.435. The van der Waals surface area contributed by atoms with Gasteiger partial charge in [-0.1, -0.05) is 12.1 Å². The Balaban J connectivity index is 2.16. The van der Waals surface area contributed by atoms with Gasteiger partial charge in [0.25, 0.3) is 0 Å². The molecule has 2 aromatic rings. The van der Waals surface area contributed by atoms with Crippen LogP contribution in [0.15, 0.2) is 36.8 Å². The topological polar surface area (TPSA) is 200 Å². The molecule has 0 spiro atoms. The number of aromatic amines is 1. The number of aromatic hydroxyl groups is 1. The lowest BCUT2D eigenvalue weighted by Gasteiger charge is -2.25. The van der Waals surface area contributed by atoms with Crippen molar-refractivity contribution in [2.75, 3.05) is 17.8 Å². The van der Waals surface area contributed by atoms with Crippen LogP contribution in [-0.4, -0.2) is 85.8 Å². The maximum Gasteiger partial charge on any atom is 0.326 e. The van der Waals surface area contributed by atoms with Gasteiger partial charge in [0.05, 0.1) is 12.4 Å². The molecule has 0 fully saturated rings. The van der Waals surface area contributed by atoms with Crippen LogP contribution in [-0.2, 0) is 32.0 Å². The second-order valence-corrected chi connectivity index (χ2v) is 9.59. The first-order valence-corrected chi connectivity index (χ1v) is 13.4. The van der Waals surface area contributed by atoms with Crippen LogP contribution in [0.3, 0.4) is 0 Å². The third kappa shape index (κ3) is 9.98. The predicted octanol–water partition coefficient (Wildman–Crippen LogP) is -0.550. The van der Waals surface area contributed by atoms with Crippen molar-refractivity contribution >= 4 is 48.1 Å². The zero-order chi connectivity index (χ0) is 27.4. The first kappa shape index (κ1) is 30.0. The molecule has 0 aliphatic carbocycles. The number of phenolic OH excluding ortho intramolecular Hbond substituents is 1. The molecule has 8 N–H and O–H groups in total. The average Bonchev–Trinajstić information content (AvgIpc) is 3.39. The number of carbonyl (C=O) groups is 4. The third-order valence-electron chi connectivity index (χ3n) is 5.38. The van der Waals surface area contributed by atoms with E-state index >= 15 is 0 Å². The number of thiol groups is 1. The van der Waals surface area contributed by atoms with Crippen molar-refractivity contribution in [1.29, 1.82) is 0 Å². The number of nitrogens with one attached hydrogen (secondary N) is 4. The van der Waals surface area contributed by atoms with E-state index in [9.17, 15) is 29.4 Å². The molecule has 14 heteroatoms. The number of benzene rings is 1. The number of amides is 3. The van der Waals surface area contributed by atoms with E-state index in [0.29, 0.717) is 17.0 Å². The van der Waals surface area contributed by atoms with Gasteiger partial charge >= 0.3 is 5.97 Å². The first-order chi connectivity index (χ1) is 17.6. The highest BCUT2D eigenvalue weighted by Crippen LogP contribution is 2.12. The van der Waals surface area contributed by atoms with E-state index in [1.165, 1.54) is 36.4 Å². The van der Waals surface area contributed by atoms with Gasteiger partial charge in [0.2, 0.25) is 17.7 Å². The molecule has 0 radical (unpaired) electrons. The number of imidazole rings is 1. The van der Waals surface area contributed by atoms with E-state index in [1.54, 1.807) is 12.1 Å². The summed E-state index contributed by atoms with van der Waals surface area (Å²) in [4.78, 5) is 57.3. The molecule has 3 amide bonds. The van der Waals surface area contributed by atoms with Crippen LogP contribution in [0.2, 0.25) is 0 Å². The number of aliphatic carboxylic acids is 1. The van der Waals surface area contributed by atoms with Gasteiger partial charge in [0.1, 0.15) is 23.9 Å². The molecule has 202 valence electrons. The number of carboxylic acids is 1. The van der Waals surface area contributed by atoms with E-state index in [-0.39, 0.29) is 30.8 Å². The molecule has 0 saturated heterocycles. The van der Waals surface area contributed by atoms with Gasteiger partial charge in [-0.25, -0.2) is 9.78 Å². The summed E-state index contributed by atoms with van der Waals surface area (Å²) in [5, 5.41) is 26.8. The Hall–Kier alpha value is -3.23. The normalized spacial score (nSPS) is 14.1. The number of H-pyrrole nitrogens is 1. The summed E-state index contributed by atoms with van der Waals surface area (Å²) in [6.07, 6.45) is 5.04. The molecule has 12 nitrogen and oxygen atoms in total. The number of nitrogens with two attached hydrogens (primary N) is 1. The SMILES string of the molecule is CSCCC(NC(=O)C(Cc1cnc[nH]1)NC(=O)C(N)CS)C(=O)NC(Cc1ccc(O)cc1)C(=O)O. The summed E-state index contributed by atoms with van der Waals surface area (Å²) >= 11 is 5.46. The zero-order valence-electron chi connectivity index (χ0n) is 20.2. The Labute approximate surface area is 224 Å². The van der Waals surface area contributed by atoms with Crippen molar-refractivity contribution in [2.45, 2.75) is 43.4 Å². The fourth-order valence-electron chi connectivity index (χ4n) is 3.30. The number of carboxylic acid groups (broad SMARTS) is 1. The van der Waals surface area contributed by atoms with Crippen LogP contribution < -0.4 is 21.7 Å². The van der Waals surface area contributed by atoms with Gasteiger partial charge in [0, 0.05) is 30.5 Å². The average molecular weight is 553 g/mol. The molecule has 4 atom stereocenters. The number of hydrogen-bond donors (Lipinski definition) is 8. The molecule has 1 heterocycles. The second kappa shape index (κ2) is 15.1. The summed E-state index contributed by atoms with van der Waals surface area (Å²) in [5.41, 5.74) is 6.90. The summed E-state index contributed by atoms with van der Waals surface area (Å²) in [6.45, 7) is 0. The minimum Gasteiger partial charge on any atom is -0.508 e. The van der Waals surface area contributed by atoms with Gasteiger partial charge < -0.3 is 36.9 Å². The Morgan fingerprint density at radius 2 is 1.65 bits per heavy atom. The molecule has 0 aliphatic rings. The van der Waals surface area contributed by atoms with E-state index in [2.05, 4.69) is 38.5 Å². The van der Waals surface area contributed by atoms with Crippen LogP contribution in [0.25, 0.3) is 0 Å². The van der Waals surface area contributed by atoms with E-state index in [0.717, 1.165) is 0 Å². The van der Waals surface area contributed by atoms with Gasteiger partial charge in [0.15, 0.2) is 0 Å². The summed E-state index contributed by atoms with van der Waals surface area (Å²) in [7, 11) is 0. The Kier molecular flexibility index (Phi) is 12.3. The Morgan fingerprint density at radius 1 is 1.03 bits per heavy atom. The standard InChI is InChI=1S/C23H32N6O6S2/c1-37-7-6-17(21(32)29-19(23(34)35)8-13-2-4-15(30)5-3-13)27-22(33)18(9-14-10-25-12-26-14)28-20(31)16(24)11-36/h2-5,10,12,16-19,30,36H,6-9,11,24H2,1H3,(H,25,26)(H,27,33)(H,28,31)(H,29,32)(H,34,35). The highest BCUT2D eigenvalue weighted by atomic mass is 32.2. The summed E-state index contributed by atoms with van der Waals surface area (Å²) < 4.78 is 0. The lowest BCUT2D eigenvalue weighted by molar-refractivity contribution is -0.142. The number of thioether (sulfide) groups is 1. The smallest absolute Gasteiger partial charge is 0.326 e. The number of rotatable bonds is 15. The lowest BCUT2D eigenvalue weighted by Crippen LogP contribution is -2.58. The van der Waals surface area contributed by atoms with E-state index in [4.69, 9.17) is 5.73 Å². The van der Waals surface area contributed by atoms with Crippen molar-refractivity contribution < 1.29 is 29.4 Å². The minimum atomic E-state index is -1.26.